The first kappa shape index (κ1) is 44.9. The largest absolute Gasteiger partial charge is 2.00 e. The van der Waals surface area contributed by atoms with Gasteiger partial charge in [-0.3, -0.25) is 0 Å². The summed E-state index contributed by atoms with van der Waals surface area (Å²) in [5.74, 6) is 0. The minimum atomic E-state index is 0. The molecule has 1 aromatic carbocycles. The van der Waals surface area contributed by atoms with Gasteiger partial charge >= 0.3 is 18.6 Å². The van der Waals surface area contributed by atoms with Gasteiger partial charge in [0.25, 0.3) is 0 Å². The van der Waals surface area contributed by atoms with E-state index >= 15 is 0 Å². The van der Waals surface area contributed by atoms with E-state index in [1.54, 1.807) is 0 Å². The van der Waals surface area contributed by atoms with Crippen LogP contribution in [0, 0.1) is 14.4 Å². The summed E-state index contributed by atoms with van der Waals surface area (Å²) in [6, 6.07) is 9.87. The van der Waals surface area contributed by atoms with Crippen molar-refractivity contribution < 1.29 is 18.6 Å². The Morgan fingerprint density at radius 1 is 0.750 bits per heavy atom. The zero-order chi connectivity index (χ0) is 9.11. The Kier molecular flexibility index (Phi) is 131. The Bertz CT molecular complexity index is 135. The fraction of sp³-hybridized carbons (Fsp3) is 0.467. The Morgan fingerprint density at radius 2 is 1.00 bits per heavy atom. The molecule has 0 unspecified atom stereocenters. The van der Waals surface area contributed by atoms with Crippen LogP contribution in [0.2, 0.25) is 0 Å². The van der Waals surface area contributed by atoms with Crippen LogP contribution in [0.1, 0.15) is 55.5 Å². The second kappa shape index (κ2) is 46.6. The van der Waals surface area contributed by atoms with Gasteiger partial charge in [0.15, 0.2) is 0 Å². The molecular formula is C15H34V. The molecule has 0 bridgehead atoms. The summed E-state index contributed by atoms with van der Waals surface area (Å²) in [6.07, 6.45) is 0. The van der Waals surface area contributed by atoms with Gasteiger partial charge in [-0.15, -0.1) is 12.1 Å². The van der Waals surface area contributed by atoms with Gasteiger partial charge in [-0.2, -0.15) is 24.6 Å². The molecule has 0 aliphatic rings. The van der Waals surface area contributed by atoms with Gasteiger partial charge in [0.1, 0.15) is 0 Å². The average molecular weight is 265 g/mol. The van der Waals surface area contributed by atoms with Gasteiger partial charge in [0, 0.05) is 0 Å². The van der Waals surface area contributed by atoms with E-state index in [0.717, 1.165) is 5.56 Å². The van der Waals surface area contributed by atoms with Crippen LogP contribution in [0.25, 0.3) is 0 Å². The molecule has 0 fully saturated rings. The molecule has 1 radical (unpaired) electrons. The molecule has 0 aromatic heterocycles. The van der Waals surface area contributed by atoms with Crippen molar-refractivity contribution in [1.82, 2.24) is 0 Å². The molecule has 0 N–H and O–H groups in total. The van der Waals surface area contributed by atoms with Crippen molar-refractivity contribution in [3.63, 3.8) is 0 Å². The molecule has 0 spiro atoms. The van der Waals surface area contributed by atoms with Crippen molar-refractivity contribution in [2.24, 2.45) is 0 Å². The zero-order valence-electron chi connectivity index (χ0n) is 9.54. The normalized spacial score (nSPS) is 4.50. The van der Waals surface area contributed by atoms with Crippen molar-refractivity contribution >= 4 is 0 Å². The van der Waals surface area contributed by atoms with Gasteiger partial charge in [-0.25, -0.2) is 0 Å². The first-order valence-electron chi connectivity index (χ1n) is 4.26. The molecule has 1 heteroatoms. The summed E-state index contributed by atoms with van der Waals surface area (Å²) < 4.78 is 0. The average Bonchev–Trinajstić information content (AvgIpc) is 2.13. The van der Waals surface area contributed by atoms with Crippen LogP contribution in [0.3, 0.4) is 0 Å². The van der Waals surface area contributed by atoms with E-state index in [4.69, 9.17) is 0 Å². The summed E-state index contributed by atoms with van der Waals surface area (Å²) in [5.41, 5.74) is 1.07. The Morgan fingerprint density at radius 3 is 1.12 bits per heavy atom. The summed E-state index contributed by atoms with van der Waals surface area (Å²) >= 11 is 0. The standard InChI is InChI=1S/C7H7.2C2H6.3CH4.CH3.V/c1-7-5-3-2-4-6-7;2*1-2;;;;;/h2-6H,1H2;2*1-2H3;3*1H4;1H3;/q-1;;;;;;-1;+2. The van der Waals surface area contributed by atoms with Crippen LogP contribution >= 0.6 is 0 Å². The maximum absolute atomic E-state index is 3.72. The van der Waals surface area contributed by atoms with Gasteiger partial charge in [0.2, 0.25) is 0 Å². The molecule has 0 aliphatic carbocycles. The Balaban J connectivity index is -0.0000000166. The SMILES string of the molecule is C.C.C.CC.CC.[CH2-]c1ccccc1.[CH3-].[V+2]. The maximum Gasteiger partial charge on any atom is 2.00 e. The van der Waals surface area contributed by atoms with E-state index < -0.39 is 0 Å². The molecule has 0 saturated heterocycles. The predicted molar refractivity (Wildman–Crippen MR) is 80.2 cm³/mol. The molecule has 1 rings (SSSR count). The maximum atomic E-state index is 3.72. The zero-order valence-corrected chi connectivity index (χ0v) is 10.9. The third-order valence-electron chi connectivity index (χ3n) is 0.843. The van der Waals surface area contributed by atoms with E-state index in [1.807, 2.05) is 58.0 Å². The van der Waals surface area contributed by atoms with Crippen LogP contribution in [-0.4, -0.2) is 0 Å². The second-order valence-electron chi connectivity index (χ2n) is 1.49. The fourth-order valence-electron chi connectivity index (χ4n) is 0.478. The van der Waals surface area contributed by atoms with Crippen molar-refractivity contribution in [2.45, 2.75) is 50.0 Å². The summed E-state index contributed by atoms with van der Waals surface area (Å²) in [7, 11) is 0. The molecule has 0 saturated carbocycles. The number of hydrogen-bond donors (Lipinski definition) is 0. The van der Waals surface area contributed by atoms with E-state index in [0.29, 0.717) is 0 Å². The first-order valence-corrected chi connectivity index (χ1v) is 4.26. The summed E-state index contributed by atoms with van der Waals surface area (Å²) in [6.45, 7) is 11.7. The number of hydrogen-bond acceptors (Lipinski definition) is 0. The van der Waals surface area contributed by atoms with E-state index in [1.165, 1.54) is 0 Å². The first-order chi connectivity index (χ1) is 5.39. The Labute approximate surface area is 119 Å². The molecule has 0 nitrogen and oxygen atoms in total. The topological polar surface area (TPSA) is 0 Å². The molecule has 99 valence electrons. The molecule has 16 heavy (non-hydrogen) atoms. The van der Waals surface area contributed by atoms with E-state index in [9.17, 15) is 0 Å². The van der Waals surface area contributed by atoms with Crippen LogP contribution in [0.15, 0.2) is 30.3 Å². The predicted octanol–water partition coefficient (Wildman–Crippen LogP) is 6.28. The molecule has 1 aromatic rings. The van der Waals surface area contributed by atoms with Gasteiger partial charge in [0.05, 0.1) is 0 Å². The minimum absolute atomic E-state index is 0. The smallest absolute Gasteiger partial charge is 0.358 e. The van der Waals surface area contributed by atoms with Crippen LogP contribution in [-0.2, 0) is 18.6 Å². The van der Waals surface area contributed by atoms with Gasteiger partial charge in [-0.05, 0) is 0 Å². The molecular weight excluding hydrogens is 231 g/mol. The quantitative estimate of drug-likeness (QED) is 0.484. The van der Waals surface area contributed by atoms with Crippen LogP contribution in [0.5, 0.6) is 0 Å². The van der Waals surface area contributed by atoms with Crippen molar-refractivity contribution in [3.05, 3.63) is 50.2 Å². The number of benzene rings is 1. The molecule has 0 amide bonds. The van der Waals surface area contributed by atoms with Crippen LogP contribution in [0.4, 0.5) is 0 Å². The van der Waals surface area contributed by atoms with Gasteiger partial charge < -0.3 is 7.43 Å². The third kappa shape index (κ3) is 37.3. The van der Waals surface area contributed by atoms with E-state index in [-0.39, 0.29) is 48.3 Å². The minimum Gasteiger partial charge on any atom is -0.358 e. The number of rotatable bonds is 0. The fourth-order valence-corrected chi connectivity index (χ4v) is 0.478. The van der Waals surface area contributed by atoms with Gasteiger partial charge in [-0.1, -0.05) is 56.0 Å². The van der Waals surface area contributed by atoms with Crippen molar-refractivity contribution in [2.75, 3.05) is 0 Å². The Hall–Kier alpha value is -0.326. The summed E-state index contributed by atoms with van der Waals surface area (Å²) in [5, 5.41) is 0. The van der Waals surface area contributed by atoms with Crippen molar-refractivity contribution in [3.8, 4) is 0 Å². The third-order valence-corrected chi connectivity index (χ3v) is 0.843. The molecule has 0 heterocycles. The van der Waals surface area contributed by atoms with Crippen LogP contribution < -0.4 is 0 Å². The second-order valence-corrected chi connectivity index (χ2v) is 1.49. The van der Waals surface area contributed by atoms with Crippen molar-refractivity contribution in [1.29, 1.82) is 0 Å². The molecule has 0 atom stereocenters. The monoisotopic (exact) mass is 265 g/mol. The summed E-state index contributed by atoms with van der Waals surface area (Å²) in [4.78, 5) is 0. The van der Waals surface area contributed by atoms with E-state index in [2.05, 4.69) is 6.92 Å². The molecule has 0 aliphatic heterocycles.